The summed E-state index contributed by atoms with van der Waals surface area (Å²) in [5, 5.41) is 9.40. The number of benzene rings is 2. The molecule has 1 aliphatic rings. The molecule has 3 rings (SSSR count). The smallest absolute Gasteiger partial charge is 0.223 e. The molecule has 2 aromatic rings. The fraction of sp³-hybridized carbons (Fsp3) is 0.480. The van der Waals surface area contributed by atoms with Crippen molar-refractivity contribution in [3.63, 3.8) is 0 Å². The lowest BCUT2D eigenvalue weighted by molar-refractivity contribution is -0.131. The van der Waals surface area contributed by atoms with Gasteiger partial charge in [0.15, 0.2) is 0 Å². The second-order valence-corrected chi connectivity index (χ2v) is 9.41. The van der Waals surface area contributed by atoms with Crippen molar-refractivity contribution in [1.29, 1.82) is 0 Å². The molecule has 0 radical (unpaired) electrons. The minimum atomic E-state index is -0.457. The van der Waals surface area contributed by atoms with Gasteiger partial charge in [-0.05, 0) is 62.3 Å². The van der Waals surface area contributed by atoms with Gasteiger partial charge in [0.05, 0.1) is 11.6 Å². The van der Waals surface area contributed by atoms with Gasteiger partial charge in [-0.25, -0.2) is 4.39 Å². The number of aryl methyl sites for hydroxylation is 1. The van der Waals surface area contributed by atoms with E-state index in [1.54, 1.807) is 11.0 Å². The molecule has 1 atom stereocenters. The molecule has 0 aliphatic carbocycles. The standard InChI is InChI=1S/C25H32ClFN2O3/c1-25(16-19-4-7-21(26)22(27)15-19)17-20-14-18(5-8-23(20)32-25)6-9-24(31)29(12-13-30)11-10-28(2)3/h4-5,7-8,14-15,30H,6,9-13,16-17H2,1-3H3. The largest absolute Gasteiger partial charge is 0.487 e. The molecule has 1 unspecified atom stereocenters. The van der Waals surface area contributed by atoms with Gasteiger partial charge >= 0.3 is 0 Å². The zero-order chi connectivity index (χ0) is 23.3. The fourth-order valence-electron chi connectivity index (χ4n) is 4.12. The van der Waals surface area contributed by atoms with Gasteiger partial charge in [0.25, 0.3) is 0 Å². The number of ether oxygens (including phenoxy) is 1. The molecule has 0 aromatic heterocycles. The number of nitrogens with zero attached hydrogens (tertiary/aromatic N) is 2. The van der Waals surface area contributed by atoms with Crippen molar-refractivity contribution in [2.75, 3.05) is 40.3 Å². The van der Waals surface area contributed by atoms with Gasteiger partial charge in [0.1, 0.15) is 17.2 Å². The van der Waals surface area contributed by atoms with E-state index in [1.165, 1.54) is 6.07 Å². The number of hydrogen-bond acceptors (Lipinski definition) is 4. The summed E-state index contributed by atoms with van der Waals surface area (Å²) in [5.41, 5.74) is 2.57. The van der Waals surface area contributed by atoms with Crippen molar-refractivity contribution in [3.8, 4) is 5.75 Å². The van der Waals surface area contributed by atoms with Crippen LogP contribution in [0.25, 0.3) is 0 Å². The van der Waals surface area contributed by atoms with E-state index in [0.717, 1.165) is 29.0 Å². The summed E-state index contributed by atoms with van der Waals surface area (Å²) in [7, 11) is 3.93. The number of amides is 1. The average Bonchev–Trinajstić information content (AvgIpc) is 3.06. The predicted molar refractivity (Wildman–Crippen MR) is 125 cm³/mol. The number of hydrogen-bond donors (Lipinski definition) is 1. The molecule has 0 fully saturated rings. The fourth-order valence-corrected chi connectivity index (χ4v) is 4.24. The minimum absolute atomic E-state index is 0.0363. The highest BCUT2D eigenvalue weighted by Crippen LogP contribution is 2.38. The first-order valence-electron chi connectivity index (χ1n) is 11.0. The maximum Gasteiger partial charge on any atom is 0.223 e. The molecule has 5 nitrogen and oxygen atoms in total. The normalized spacial score (nSPS) is 17.3. The lowest BCUT2D eigenvalue weighted by Crippen LogP contribution is -2.38. The molecule has 0 bridgehead atoms. The number of aliphatic hydroxyl groups is 1. The Hall–Kier alpha value is -2.15. The van der Waals surface area contributed by atoms with E-state index in [0.29, 0.717) is 38.8 Å². The molecule has 2 aromatic carbocycles. The van der Waals surface area contributed by atoms with Gasteiger partial charge in [0.2, 0.25) is 5.91 Å². The van der Waals surface area contributed by atoms with E-state index in [9.17, 15) is 14.3 Å². The van der Waals surface area contributed by atoms with Crippen LogP contribution in [0.15, 0.2) is 36.4 Å². The maximum atomic E-state index is 13.8. The molecule has 0 saturated carbocycles. The quantitative estimate of drug-likeness (QED) is 0.584. The SMILES string of the molecule is CN(C)CCN(CCO)C(=O)CCc1ccc2c(c1)CC(C)(Cc1ccc(Cl)c(F)c1)O2. The second-order valence-electron chi connectivity index (χ2n) is 9.00. The first-order valence-corrected chi connectivity index (χ1v) is 11.3. The van der Waals surface area contributed by atoms with Crippen LogP contribution in [-0.4, -0.2) is 66.8 Å². The Morgan fingerprint density at radius 1 is 1.16 bits per heavy atom. The van der Waals surface area contributed by atoms with Crippen molar-refractivity contribution in [1.82, 2.24) is 9.80 Å². The lowest BCUT2D eigenvalue weighted by atomic mass is 9.91. The van der Waals surface area contributed by atoms with Crippen LogP contribution in [-0.2, 0) is 24.1 Å². The second kappa shape index (κ2) is 10.6. The molecule has 0 spiro atoms. The Kier molecular flexibility index (Phi) is 8.15. The number of aliphatic hydroxyl groups excluding tert-OH is 1. The van der Waals surface area contributed by atoms with E-state index in [4.69, 9.17) is 16.3 Å². The monoisotopic (exact) mass is 462 g/mol. The molecule has 7 heteroatoms. The Bertz CT molecular complexity index is 953. The van der Waals surface area contributed by atoms with E-state index in [-0.39, 0.29) is 17.5 Å². The Balaban J connectivity index is 1.60. The summed E-state index contributed by atoms with van der Waals surface area (Å²) < 4.78 is 20.0. The first-order chi connectivity index (χ1) is 15.2. The molecule has 1 heterocycles. The van der Waals surface area contributed by atoms with Crippen molar-refractivity contribution < 1.29 is 19.0 Å². The van der Waals surface area contributed by atoms with Gasteiger partial charge in [-0.1, -0.05) is 29.8 Å². The van der Waals surface area contributed by atoms with Gasteiger partial charge < -0.3 is 19.6 Å². The number of carbonyl (C=O) groups is 1. The summed E-state index contributed by atoms with van der Waals surface area (Å²) >= 11 is 5.79. The summed E-state index contributed by atoms with van der Waals surface area (Å²) in [4.78, 5) is 16.4. The highest BCUT2D eigenvalue weighted by molar-refractivity contribution is 6.30. The molecular weight excluding hydrogens is 431 g/mol. The van der Waals surface area contributed by atoms with Crippen LogP contribution in [0.4, 0.5) is 4.39 Å². The van der Waals surface area contributed by atoms with Gasteiger partial charge in [-0.2, -0.15) is 0 Å². The minimum Gasteiger partial charge on any atom is -0.487 e. The number of halogens is 2. The summed E-state index contributed by atoms with van der Waals surface area (Å²) in [5.74, 6) is 0.466. The van der Waals surface area contributed by atoms with Crippen LogP contribution in [0.3, 0.4) is 0 Å². The Morgan fingerprint density at radius 2 is 1.91 bits per heavy atom. The van der Waals surface area contributed by atoms with E-state index in [1.807, 2.05) is 44.1 Å². The highest BCUT2D eigenvalue weighted by Gasteiger charge is 2.35. The molecular formula is C25H32ClFN2O3. The van der Waals surface area contributed by atoms with E-state index in [2.05, 4.69) is 6.07 Å². The van der Waals surface area contributed by atoms with Crippen LogP contribution in [0.2, 0.25) is 5.02 Å². The number of carbonyl (C=O) groups excluding carboxylic acids is 1. The molecule has 0 saturated heterocycles. The van der Waals surface area contributed by atoms with Gasteiger partial charge in [0, 0.05) is 38.9 Å². The number of rotatable bonds is 10. The first kappa shape index (κ1) is 24.5. The molecule has 174 valence electrons. The topological polar surface area (TPSA) is 53.0 Å². The molecule has 32 heavy (non-hydrogen) atoms. The van der Waals surface area contributed by atoms with E-state index >= 15 is 0 Å². The van der Waals surface area contributed by atoms with Crippen LogP contribution in [0.1, 0.15) is 30.0 Å². The summed E-state index contributed by atoms with van der Waals surface area (Å²) in [6.45, 7) is 3.71. The average molecular weight is 463 g/mol. The van der Waals surface area contributed by atoms with Gasteiger partial charge in [-0.15, -0.1) is 0 Å². The summed E-state index contributed by atoms with van der Waals surface area (Å²) in [6.07, 6.45) is 2.32. The third kappa shape index (κ3) is 6.44. The number of fused-ring (bicyclic) bond motifs is 1. The third-order valence-corrected chi connectivity index (χ3v) is 6.08. The van der Waals surface area contributed by atoms with Crippen LogP contribution in [0.5, 0.6) is 5.75 Å². The van der Waals surface area contributed by atoms with E-state index < -0.39 is 11.4 Å². The molecule has 1 aliphatic heterocycles. The van der Waals surface area contributed by atoms with Crippen molar-refractivity contribution >= 4 is 17.5 Å². The van der Waals surface area contributed by atoms with Crippen molar-refractivity contribution in [3.05, 3.63) is 63.9 Å². The van der Waals surface area contributed by atoms with Crippen molar-refractivity contribution in [2.45, 2.75) is 38.2 Å². The highest BCUT2D eigenvalue weighted by atomic mass is 35.5. The van der Waals surface area contributed by atoms with Gasteiger partial charge in [-0.3, -0.25) is 4.79 Å². The van der Waals surface area contributed by atoms with Crippen LogP contribution >= 0.6 is 11.6 Å². The predicted octanol–water partition coefficient (Wildman–Crippen LogP) is 3.73. The maximum absolute atomic E-state index is 13.8. The molecule has 1 N–H and O–H groups in total. The third-order valence-electron chi connectivity index (χ3n) is 5.78. The Morgan fingerprint density at radius 3 is 2.59 bits per heavy atom. The summed E-state index contributed by atoms with van der Waals surface area (Å²) in [6, 6.07) is 10.9. The molecule has 1 amide bonds. The zero-order valence-corrected chi connectivity index (χ0v) is 19.8. The Labute approximate surface area is 194 Å². The van der Waals surface area contributed by atoms with Crippen LogP contribution in [0, 0.1) is 5.82 Å². The van der Waals surface area contributed by atoms with Crippen molar-refractivity contribution in [2.24, 2.45) is 0 Å². The zero-order valence-electron chi connectivity index (χ0n) is 19.0. The lowest BCUT2D eigenvalue weighted by Gasteiger charge is -2.24. The van der Waals surface area contributed by atoms with Crippen LogP contribution < -0.4 is 4.74 Å². The number of likely N-dealkylation sites (N-methyl/N-ethyl adjacent to an activating group) is 1.